The summed E-state index contributed by atoms with van der Waals surface area (Å²) in [7, 11) is 0. The van der Waals surface area contributed by atoms with Gasteiger partial charge >= 0.3 is 0 Å². The molecule has 6 heteroatoms. The third kappa shape index (κ3) is 3.81. The third-order valence-corrected chi connectivity index (χ3v) is 4.63. The third-order valence-electron chi connectivity index (χ3n) is 3.20. The van der Waals surface area contributed by atoms with Crippen molar-refractivity contribution >= 4 is 17.6 Å². The lowest BCUT2D eigenvalue weighted by atomic mass is 10.2. The van der Waals surface area contributed by atoms with E-state index in [1.165, 1.54) is 0 Å². The standard InChI is InChI=1S/C13H22N4OS/c1-3-4-11-15-12(17-14)9(2)13(16-11)19-10-5-7-18-8-6-10/h10H,3-8,14H2,1-2H3,(H,15,16,17). The number of nitrogens with one attached hydrogen (secondary N) is 1. The topological polar surface area (TPSA) is 73.1 Å². The quantitative estimate of drug-likeness (QED) is 0.490. The molecule has 5 nitrogen and oxygen atoms in total. The fourth-order valence-electron chi connectivity index (χ4n) is 2.08. The molecule has 106 valence electrons. The van der Waals surface area contributed by atoms with Crippen molar-refractivity contribution in [2.24, 2.45) is 5.84 Å². The van der Waals surface area contributed by atoms with Crippen LogP contribution in [0.5, 0.6) is 0 Å². The SMILES string of the molecule is CCCc1nc(NN)c(C)c(SC2CCOCC2)n1. The van der Waals surface area contributed by atoms with Gasteiger partial charge in [-0.15, -0.1) is 11.8 Å². The molecule has 1 aliphatic rings. The van der Waals surface area contributed by atoms with E-state index in [-0.39, 0.29) is 0 Å². The lowest BCUT2D eigenvalue weighted by Crippen LogP contribution is -2.18. The highest BCUT2D eigenvalue weighted by Crippen LogP contribution is 2.32. The van der Waals surface area contributed by atoms with Crippen LogP contribution in [0.15, 0.2) is 5.03 Å². The van der Waals surface area contributed by atoms with E-state index < -0.39 is 0 Å². The zero-order valence-corrected chi connectivity index (χ0v) is 12.4. The summed E-state index contributed by atoms with van der Waals surface area (Å²) in [5.41, 5.74) is 3.72. The van der Waals surface area contributed by atoms with Crippen molar-refractivity contribution in [2.45, 2.75) is 49.8 Å². The Hall–Kier alpha value is -0.850. The Bertz CT molecular complexity index is 421. The summed E-state index contributed by atoms with van der Waals surface area (Å²) in [4.78, 5) is 9.13. The Balaban J connectivity index is 2.18. The molecule has 0 amide bonds. The first-order valence-electron chi connectivity index (χ1n) is 6.83. The minimum absolute atomic E-state index is 0.586. The van der Waals surface area contributed by atoms with Gasteiger partial charge < -0.3 is 10.2 Å². The number of nitrogen functional groups attached to an aromatic ring is 1. The molecule has 19 heavy (non-hydrogen) atoms. The van der Waals surface area contributed by atoms with Crippen molar-refractivity contribution in [3.63, 3.8) is 0 Å². The summed E-state index contributed by atoms with van der Waals surface area (Å²) in [6.07, 6.45) is 4.09. The van der Waals surface area contributed by atoms with E-state index in [0.29, 0.717) is 5.25 Å². The van der Waals surface area contributed by atoms with E-state index in [1.54, 1.807) is 0 Å². The number of ether oxygens (including phenoxy) is 1. The number of nitrogens with two attached hydrogens (primary N) is 1. The van der Waals surface area contributed by atoms with Crippen molar-refractivity contribution in [3.8, 4) is 0 Å². The zero-order chi connectivity index (χ0) is 13.7. The van der Waals surface area contributed by atoms with E-state index in [9.17, 15) is 0 Å². The predicted octanol–water partition coefficient (Wildman–Crippen LogP) is 2.29. The van der Waals surface area contributed by atoms with Gasteiger partial charge in [0.15, 0.2) is 0 Å². The largest absolute Gasteiger partial charge is 0.381 e. The molecule has 1 fully saturated rings. The lowest BCUT2D eigenvalue weighted by Gasteiger charge is -2.22. The number of nitrogens with zero attached hydrogens (tertiary/aromatic N) is 2. The normalized spacial score (nSPS) is 16.6. The Morgan fingerprint density at radius 1 is 1.37 bits per heavy atom. The number of hydrogen-bond donors (Lipinski definition) is 2. The number of hydrogen-bond acceptors (Lipinski definition) is 6. The number of aryl methyl sites for hydroxylation is 1. The van der Waals surface area contributed by atoms with Crippen LogP contribution in [0.25, 0.3) is 0 Å². The number of aromatic nitrogens is 2. The fourth-order valence-corrected chi connectivity index (χ4v) is 3.26. The second-order valence-electron chi connectivity index (χ2n) is 4.74. The van der Waals surface area contributed by atoms with Gasteiger partial charge in [-0.1, -0.05) is 6.92 Å². The maximum Gasteiger partial charge on any atom is 0.147 e. The molecule has 0 aliphatic carbocycles. The van der Waals surface area contributed by atoms with E-state index in [0.717, 1.165) is 61.1 Å². The molecular formula is C13H22N4OS. The predicted molar refractivity (Wildman–Crippen MR) is 78.3 cm³/mol. The monoisotopic (exact) mass is 282 g/mol. The summed E-state index contributed by atoms with van der Waals surface area (Å²) < 4.78 is 5.40. The molecule has 0 atom stereocenters. The van der Waals surface area contributed by atoms with Gasteiger partial charge in [-0.2, -0.15) is 0 Å². The van der Waals surface area contributed by atoms with Crippen LogP contribution >= 0.6 is 11.8 Å². The Labute approximate surface area is 118 Å². The van der Waals surface area contributed by atoms with Gasteiger partial charge in [0.2, 0.25) is 0 Å². The highest BCUT2D eigenvalue weighted by atomic mass is 32.2. The molecule has 2 rings (SSSR count). The number of thioether (sulfide) groups is 1. The van der Waals surface area contributed by atoms with Gasteiger partial charge in [0.05, 0.1) is 0 Å². The van der Waals surface area contributed by atoms with Gasteiger partial charge in [-0.25, -0.2) is 15.8 Å². The molecule has 0 aromatic carbocycles. The molecule has 1 aromatic rings. The second kappa shape index (κ2) is 7.07. The average molecular weight is 282 g/mol. The summed E-state index contributed by atoms with van der Waals surface area (Å²) in [6, 6.07) is 0. The van der Waals surface area contributed by atoms with E-state index >= 15 is 0 Å². The molecule has 3 N–H and O–H groups in total. The smallest absolute Gasteiger partial charge is 0.147 e. The fraction of sp³-hybridized carbons (Fsp3) is 0.692. The van der Waals surface area contributed by atoms with Gasteiger partial charge in [0.1, 0.15) is 16.7 Å². The van der Waals surface area contributed by atoms with Crippen LogP contribution in [0.1, 0.15) is 37.6 Å². The summed E-state index contributed by atoms with van der Waals surface area (Å²) in [5.74, 6) is 7.16. The van der Waals surface area contributed by atoms with Gasteiger partial charge in [0.25, 0.3) is 0 Å². The van der Waals surface area contributed by atoms with Gasteiger partial charge in [-0.05, 0) is 26.2 Å². The molecule has 0 bridgehead atoms. The van der Waals surface area contributed by atoms with Gasteiger partial charge in [-0.3, -0.25) is 0 Å². The number of rotatable bonds is 5. The molecule has 2 heterocycles. The molecular weight excluding hydrogens is 260 g/mol. The molecule has 1 saturated heterocycles. The van der Waals surface area contributed by atoms with Crippen LogP contribution in [0.4, 0.5) is 5.82 Å². The summed E-state index contributed by atoms with van der Waals surface area (Å²) in [6.45, 7) is 5.86. The average Bonchev–Trinajstić information content (AvgIpc) is 2.43. The maximum atomic E-state index is 5.55. The van der Waals surface area contributed by atoms with Crippen molar-refractivity contribution < 1.29 is 4.74 Å². The maximum absolute atomic E-state index is 5.55. The van der Waals surface area contributed by atoms with Crippen LogP contribution in [-0.2, 0) is 11.2 Å². The summed E-state index contributed by atoms with van der Waals surface area (Å²) >= 11 is 1.83. The van der Waals surface area contributed by atoms with Crippen LogP contribution in [0, 0.1) is 6.92 Å². The minimum Gasteiger partial charge on any atom is -0.381 e. The lowest BCUT2D eigenvalue weighted by molar-refractivity contribution is 0.1000. The first-order valence-corrected chi connectivity index (χ1v) is 7.71. The van der Waals surface area contributed by atoms with Crippen molar-refractivity contribution in [1.82, 2.24) is 9.97 Å². The minimum atomic E-state index is 0.586. The molecule has 0 radical (unpaired) electrons. The van der Waals surface area contributed by atoms with Crippen molar-refractivity contribution in [3.05, 3.63) is 11.4 Å². The Kier molecular flexibility index (Phi) is 5.42. The second-order valence-corrected chi connectivity index (χ2v) is 6.03. The molecule has 0 unspecified atom stereocenters. The van der Waals surface area contributed by atoms with Crippen molar-refractivity contribution in [1.29, 1.82) is 0 Å². The molecule has 0 saturated carbocycles. The first-order chi connectivity index (χ1) is 9.24. The van der Waals surface area contributed by atoms with Crippen molar-refractivity contribution in [2.75, 3.05) is 18.6 Å². The van der Waals surface area contributed by atoms with Crippen LogP contribution < -0.4 is 11.3 Å². The van der Waals surface area contributed by atoms with Crippen LogP contribution in [0.3, 0.4) is 0 Å². The van der Waals surface area contributed by atoms with Crippen LogP contribution in [0.2, 0.25) is 0 Å². The zero-order valence-electron chi connectivity index (χ0n) is 11.6. The van der Waals surface area contributed by atoms with Gasteiger partial charge in [0, 0.05) is 30.4 Å². The summed E-state index contributed by atoms with van der Waals surface area (Å²) in [5, 5.41) is 1.64. The molecule has 0 spiro atoms. The number of anilines is 1. The molecule has 1 aromatic heterocycles. The van der Waals surface area contributed by atoms with E-state index in [1.807, 2.05) is 18.7 Å². The van der Waals surface area contributed by atoms with Crippen LogP contribution in [-0.4, -0.2) is 28.4 Å². The molecule has 1 aliphatic heterocycles. The van der Waals surface area contributed by atoms with E-state index in [4.69, 9.17) is 10.6 Å². The first kappa shape index (κ1) is 14.6. The van der Waals surface area contributed by atoms with E-state index in [2.05, 4.69) is 22.3 Å². The highest BCUT2D eigenvalue weighted by molar-refractivity contribution is 7.99. The number of hydrazine groups is 1. The Morgan fingerprint density at radius 3 is 2.74 bits per heavy atom. The highest BCUT2D eigenvalue weighted by Gasteiger charge is 2.19. The Morgan fingerprint density at radius 2 is 2.11 bits per heavy atom.